The number of hydrogen-bond acceptors (Lipinski definition) is 4. The minimum absolute atomic E-state index is 0.0245. The van der Waals surface area contributed by atoms with Crippen molar-refractivity contribution in [3.63, 3.8) is 0 Å². The minimum Gasteiger partial charge on any atom is -0.390 e. The van der Waals surface area contributed by atoms with Crippen molar-refractivity contribution in [2.45, 2.75) is 18.6 Å². The second-order valence-electron chi connectivity index (χ2n) is 5.82. The molecule has 4 rings (SSSR count). The monoisotopic (exact) mass is 328 g/mol. The Morgan fingerprint density at radius 3 is 3.04 bits per heavy atom. The molecule has 5 nitrogen and oxygen atoms in total. The summed E-state index contributed by atoms with van der Waals surface area (Å²) in [6, 6.07) is 9.62. The van der Waals surface area contributed by atoms with E-state index in [4.69, 9.17) is 16.6 Å². The molecule has 0 bridgehead atoms. The Balaban J connectivity index is 1.76. The topological polar surface area (TPSA) is 63.0 Å². The summed E-state index contributed by atoms with van der Waals surface area (Å²) in [4.78, 5) is 9.16. The maximum absolute atomic E-state index is 10.3. The van der Waals surface area contributed by atoms with Crippen LogP contribution in [0.4, 0.5) is 0 Å². The molecule has 3 heterocycles. The molecule has 118 valence electrons. The van der Waals surface area contributed by atoms with Gasteiger partial charge < -0.3 is 15.0 Å². The molecule has 0 aliphatic carbocycles. The van der Waals surface area contributed by atoms with E-state index >= 15 is 0 Å². The number of nitrogens with one attached hydrogen (secondary N) is 1. The number of piperidine rings is 1. The summed E-state index contributed by atoms with van der Waals surface area (Å²) in [7, 11) is 0. The first-order valence-electron chi connectivity index (χ1n) is 7.71. The van der Waals surface area contributed by atoms with E-state index in [1.54, 1.807) is 6.20 Å². The number of benzene rings is 1. The average Bonchev–Trinajstić information content (AvgIpc) is 3.04. The van der Waals surface area contributed by atoms with Crippen molar-refractivity contribution in [2.75, 3.05) is 13.1 Å². The second-order valence-corrected chi connectivity index (χ2v) is 6.26. The summed E-state index contributed by atoms with van der Waals surface area (Å²) in [5.41, 5.74) is 1.68. The maximum atomic E-state index is 10.3. The highest BCUT2D eigenvalue weighted by atomic mass is 35.5. The number of pyridine rings is 1. The van der Waals surface area contributed by atoms with Crippen LogP contribution in [0.25, 0.3) is 22.4 Å². The molecule has 0 amide bonds. The summed E-state index contributed by atoms with van der Waals surface area (Å²) >= 11 is 6.02. The lowest BCUT2D eigenvalue weighted by molar-refractivity contribution is 0.0880. The zero-order valence-corrected chi connectivity index (χ0v) is 13.2. The largest absolute Gasteiger partial charge is 0.390 e. The van der Waals surface area contributed by atoms with E-state index in [1.807, 2.05) is 41.1 Å². The summed E-state index contributed by atoms with van der Waals surface area (Å²) in [5.74, 6) is 0.785. The molecule has 6 heteroatoms. The van der Waals surface area contributed by atoms with Crippen molar-refractivity contribution in [3.8, 4) is 11.5 Å². The van der Waals surface area contributed by atoms with Gasteiger partial charge in [-0.15, -0.1) is 0 Å². The van der Waals surface area contributed by atoms with Gasteiger partial charge in [-0.25, -0.2) is 9.97 Å². The lowest BCUT2D eigenvalue weighted by Crippen LogP contribution is -2.41. The van der Waals surface area contributed by atoms with Crippen LogP contribution >= 0.6 is 11.6 Å². The second kappa shape index (κ2) is 5.92. The molecule has 1 aromatic carbocycles. The first-order valence-corrected chi connectivity index (χ1v) is 8.08. The highest BCUT2D eigenvalue weighted by molar-refractivity contribution is 6.31. The number of aliphatic hydroxyl groups excluding tert-OH is 1. The fourth-order valence-corrected chi connectivity index (χ4v) is 3.33. The number of nitrogens with zero attached hydrogens (tertiary/aromatic N) is 3. The van der Waals surface area contributed by atoms with Gasteiger partial charge in [0.15, 0.2) is 5.82 Å². The molecule has 2 atom stereocenters. The van der Waals surface area contributed by atoms with Gasteiger partial charge in [0, 0.05) is 29.3 Å². The smallest absolute Gasteiger partial charge is 0.159 e. The molecular formula is C17H17ClN4O. The van der Waals surface area contributed by atoms with E-state index in [-0.39, 0.29) is 6.04 Å². The predicted molar refractivity (Wildman–Crippen MR) is 90.5 cm³/mol. The standard InChI is InChI=1S/C17H17ClN4O/c18-12-2-4-13-11(9-12)1-3-14(21-13)17-20-7-8-22(17)15-5-6-19-10-16(15)23/h1-4,7-9,15-16,19,23H,5-6,10H2/t15-,16-/m0/s1. The molecule has 1 aliphatic rings. The maximum Gasteiger partial charge on any atom is 0.159 e. The van der Waals surface area contributed by atoms with Gasteiger partial charge in [0.2, 0.25) is 0 Å². The van der Waals surface area contributed by atoms with Gasteiger partial charge in [0.1, 0.15) is 5.69 Å². The zero-order chi connectivity index (χ0) is 15.8. The highest BCUT2D eigenvalue weighted by Crippen LogP contribution is 2.27. The predicted octanol–water partition coefficient (Wildman–Crippen LogP) is 2.65. The third-order valence-electron chi connectivity index (χ3n) is 4.32. The van der Waals surface area contributed by atoms with E-state index < -0.39 is 6.10 Å². The molecular weight excluding hydrogens is 312 g/mol. The van der Waals surface area contributed by atoms with Gasteiger partial charge in [0.05, 0.1) is 17.7 Å². The molecule has 2 N–H and O–H groups in total. The van der Waals surface area contributed by atoms with Gasteiger partial charge in [-0.2, -0.15) is 0 Å². The number of aliphatic hydroxyl groups is 1. The van der Waals surface area contributed by atoms with Crippen LogP contribution in [0, 0.1) is 0 Å². The molecule has 0 unspecified atom stereocenters. The van der Waals surface area contributed by atoms with E-state index in [0.717, 1.165) is 35.4 Å². The van der Waals surface area contributed by atoms with Crippen molar-refractivity contribution < 1.29 is 5.11 Å². The van der Waals surface area contributed by atoms with Crippen molar-refractivity contribution in [2.24, 2.45) is 0 Å². The summed E-state index contributed by atoms with van der Waals surface area (Å²) in [6.45, 7) is 1.49. The number of hydrogen-bond donors (Lipinski definition) is 2. The normalized spacial score (nSPS) is 21.7. The van der Waals surface area contributed by atoms with Crippen molar-refractivity contribution in [1.82, 2.24) is 19.9 Å². The Labute approximate surface area is 138 Å². The molecule has 1 fully saturated rings. The molecule has 23 heavy (non-hydrogen) atoms. The number of halogens is 1. The van der Waals surface area contributed by atoms with Crippen LogP contribution in [0.3, 0.4) is 0 Å². The SMILES string of the molecule is O[C@H]1CNCC[C@@H]1n1ccnc1-c1ccc2cc(Cl)ccc2n1. The van der Waals surface area contributed by atoms with Crippen molar-refractivity contribution in [3.05, 3.63) is 47.7 Å². The molecule has 1 aliphatic heterocycles. The van der Waals surface area contributed by atoms with Gasteiger partial charge in [-0.05, 0) is 37.2 Å². The number of imidazole rings is 1. The lowest BCUT2D eigenvalue weighted by atomic mass is 10.0. The summed E-state index contributed by atoms with van der Waals surface area (Å²) in [5, 5.41) is 15.2. The Hall–Kier alpha value is -1.95. The van der Waals surface area contributed by atoms with Gasteiger partial charge >= 0.3 is 0 Å². The fourth-order valence-electron chi connectivity index (χ4n) is 3.15. The van der Waals surface area contributed by atoms with Crippen LogP contribution in [-0.4, -0.2) is 38.8 Å². The van der Waals surface area contributed by atoms with Crippen LogP contribution in [0.15, 0.2) is 42.7 Å². The third-order valence-corrected chi connectivity index (χ3v) is 4.56. The Morgan fingerprint density at radius 1 is 1.26 bits per heavy atom. The van der Waals surface area contributed by atoms with E-state index in [2.05, 4.69) is 10.3 Å². The highest BCUT2D eigenvalue weighted by Gasteiger charge is 2.26. The van der Waals surface area contributed by atoms with Crippen molar-refractivity contribution >= 4 is 22.5 Å². The Kier molecular flexibility index (Phi) is 3.77. The van der Waals surface area contributed by atoms with Gasteiger partial charge in [-0.3, -0.25) is 0 Å². The Bertz CT molecular complexity index is 847. The number of rotatable bonds is 2. The molecule has 1 saturated heterocycles. The quantitative estimate of drug-likeness (QED) is 0.759. The average molecular weight is 329 g/mol. The van der Waals surface area contributed by atoms with Crippen molar-refractivity contribution in [1.29, 1.82) is 0 Å². The summed E-state index contributed by atoms with van der Waals surface area (Å²) < 4.78 is 2.04. The van der Waals surface area contributed by atoms with Gasteiger partial charge in [-0.1, -0.05) is 17.7 Å². The minimum atomic E-state index is -0.420. The van der Waals surface area contributed by atoms with E-state index in [0.29, 0.717) is 11.6 Å². The fraction of sp³-hybridized carbons (Fsp3) is 0.294. The van der Waals surface area contributed by atoms with Crippen LogP contribution in [0.2, 0.25) is 5.02 Å². The zero-order valence-electron chi connectivity index (χ0n) is 12.5. The molecule has 2 aromatic heterocycles. The van der Waals surface area contributed by atoms with Crippen LogP contribution in [0.5, 0.6) is 0 Å². The number of β-amino-alcohol motifs (C(OH)–C–C–N with tert-alkyl or cyclic N) is 1. The first kappa shape index (κ1) is 14.6. The molecule has 0 radical (unpaired) electrons. The number of aromatic nitrogens is 3. The molecule has 0 saturated carbocycles. The third kappa shape index (κ3) is 2.72. The first-order chi connectivity index (χ1) is 11.2. The van der Waals surface area contributed by atoms with Crippen LogP contribution in [-0.2, 0) is 0 Å². The summed E-state index contributed by atoms with van der Waals surface area (Å²) in [6.07, 6.45) is 4.13. The Morgan fingerprint density at radius 2 is 2.17 bits per heavy atom. The number of fused-ring (bicyclic) bond motifs is 1. The lowest BCUT2D eigenvalue weighted by Gasteiger charge is -2.30. The molecule has 3 aromatic rings. The van der Waals surface area contributed by atoms with E-state index in [9.17, 15) is 5.11 Å². The van der Waals surface area contributed by atoms with Gasteiger partial charge in [0.25, 0.3) is 0 Å². The van der Waals surface area contributed by atoms with Crippen LogP contribution < -0.4 is 5.32 Å². The van der Waals surface area contributed by atoms with E-state index in [1.165, 1.54) is 0 Å². The molecule has 0 spiro atoms. The van der Waals surface area contributed by atoms with Crippen LogP contribution in [0.1, 0.15) is 12.5 Å².